The van der Waals surface area contributed by atoms with E-state index in [-0.39, 0.29) is 17.2 Å². The minimum atomic E-state index is 0.110. The Morgan fingerprint density at radius 2 is 2.40 bits per heavy atom. The van der Waals surface area contributed by atoms with Gasteiger partial charge < -0.3 is 5.32 Å². The van der Waals surface area contributed by atoms with Crippen molar-refractivity contribution in [2.45, 2.75) is 33.6 Å². The molecule has 15 heavy (non-hydrogen) atoms. The first-order chi connectivity index (χ1) is 7.04. The second kappa shape index (κ2) is 3.36. The molecule has 1 heterocycles. The molecule has 2 N–H and O–H groups in total. The highest BCUT2D eigenvalue weighted by Gasteiger charge is 2.50. The van der Waals surface area contributed by atoms with Crippen molar-refractivity contribution in [1.82, 2.24) is 10.2 Å². The van der Waals surface area contributed by atoms with Gasteiger partial charge in [0.1, 0.15) is 5.82 Å². The van der Waals surface area contributed by atoms with Crippen LogP contribution >= 0.6 is 0 Å². The smallest absolute Gasteiger partial charge is 0.229 e. The van der Waals surface area contributed by atoms with E-state index in [1.54, 1.807) is 6.20 Å². The van der Waals surface area contributed by atoms with E-state index in [4.69, 9.17) is 0 Å². The molecule has 1 amide bonds. The molecule has 0 aromatic carbocycles. The van der Waals surface area contributed by atoms with Crippen molar-refractivity contribution < 1.29 is 4.79 Å². The van der Waals surface area contributed by atoms with Gasteiger partial charge in [0.15, 0.2) is 0 Å². The molecule has 0 aliphatic heterocycles. The molecule has 1 unspecified atom stereocenters. The van der Waals surface area contributed by atoms with Crippen LogP contribution in [0.15, 0.2) is 6.20 Å². The standard InChI is InChI=1S/C11H17N3O/c1-4-7-6-12-14-9(7)13-10(15)8-5-11(8,2)3/h6,8H,4-5H2,1-3H3,(H2,12,13,14,15). The Hall–Kier alpha value is -1.32. The molecule has 1 aliphatic rings. The third-order valence-electron chi connectivity index (χ3n) is 3.18. The maximum absolute atomic E-state index is 11.8. The molecule has 0 radical (unpaired) electrons. The van der Waals surface area contributed by atoms with Crippen molar-refractivity contribution in [2.75, 3.05) is 5.32 Å². The predicted molar refractivity (Wildman–Crippen MR) is 58.5 cm³/mol. The highest BCUT2D eigenvalue weighted by atomic mass is 16.2. The van der Waals surface area contributed by atoms with E-state index in [1.807, 2.05) is 6.92 Å². The van der Waals surface area contributed by atoms with Gasteiger partial charge in [-0.05, 0) is 18.3 Å². The molecule has 82 valence electrons. The maximum atomic E-state index is 11.8. The number of carbonyl (C=O) groups excluding carboxylic acids is 1. The summed E-state index contributed by atoms with van der Waals surface area (Å²) in [4.78, 5) is 11.8. The molecule has 1 aromatic rings. The average Bonchev–Trinajstić information content (AvgIpc) is 2.60. The van der Waals surface area contributed by atoms with Gasteiger partial charge in [-0.2, -0.15) is 5.10 Å². The van der Waals surface area contributed by atoms with Crippen molar-refractivity contribution >= 4 is 11.7 Å². The number of aromatic amines is 1. The number of carbonyl (C=O) groups is 1. The Balaban J connectivity index is 2.01. The number of hydrogen-bond donors (Lipinski definition) is 2. The van der Waals surface area contributed by atoms with Crippen LogP contribution in [0.3, 0.4) is 0 Å². The van der Waals surface area contributed by atoms with Gasteiger partial charge in [0, 0.05) is 11.5 Å². The van der Waals surface area contributed by atoms with Crippen LogP contribution in [-0.4, -0.2) is 16.1 Å². The highest BCUT2D eigenvalue weighted by Crippen LogP contribution is 2.51. The molecule has 4 heteroatoms. The summed E-state index contributed by atoms with van der Waals surface area (Å²) in [5, 5.41) is 9.64. The van der Waals surface area contributed by atoms with Crippen molar-refractivity contribution in [1.29, 1.82) is 0 Å². The zero-order valence-electron chi connectivity index (χ0n) is 9.42. The fraction of sp³-hybridized carbons (Fsp3) is 0.636. The number of H-pyrrole nitrogens is 1. The lowest BCUT2D eigenvalue weighted by Gasteiger charge is -2.05. The third-order valence-corrected chi connectivity index (χ3v) is 3.18. The zero-order valence-corrected chi connectivity index (χ0v) is 9.42. The highest BCUT2D eigenvalue weighted by molar-refractivity contribution is 5.94. The summed E-state index contributed by atoms with van der Waals surface area (Å²) in [7, 11) is 0. The van der Waals surface area contributed by atoms with E-state index < -0.39 is 0 Å². The van der Waals surface area contributed by atoms with Gasteiger partial charge >= 0.3 is 0 Å². The average molecular weight is 207 g/mol. The van der Waals surface area contributed by atoms with Crippen LogP contribution in [0.25, 0.3) is 0 Å². The Morgan fingerprint density at radius 1 is 1.73 bits per heavy atom. The van der Waals surface area contributed by atoms with Crippen molar-refractivity contribution in [3.05, 3.63) is 11.8 Å². The van der Waals surface area contributed by atoms with Crippen LogP contribution in [0.4, 0.5) is 5.82 Å². The lowest BCUT2D eigenvalue weighted by molar-refractivity contribution is -0.118. The summed E-state index contributed by atoms with van der Waals surface area (Å²) in [5.74, 6) is 1.02. The second-order valence-electron chi connectivity index (χ2n) is 4.86. The molecule has 0 bridgehead atoms. The first-order valence-corrected chi connectivity index (χ1v) is 5.37. The van der Waals surface area contributed by atoms with Gasteiger partial charge in [-0.15, -0.1) is 0 Å². The SMILES string of the molecule is CCc1cn[nH]c1NC(=O)C1CC1(C)C. The summed E-state index contributed by atoms with van der Waals surface area (Å²) < 4.78 is 0. The largest absolute Gasteiger partial charge is 0.311 e. The third kappa shape index (κ3) is 1.89. The fourth-order valence-corrected chi connectivity index (χ4v) is 1.81. The molecule has 0 saturated heterocycles. The molecular formula is C11H17N3O. The van der Waals surface area contributed by atoms with E-state index in [9.17, 15) is 4.79 Å². The lowest BCUT2D eigenvalue weighted by atomic mass is 10.1. The molecule has 0 spiro atoms. The van der Waals surface area contributed by atoms with Gasteiger partial charge in [0.05, 0.1) is 6.20 Å². The Kier molecular flexibility index (Phi) is 2.29. The van der Waals surface area contributed by atoms with Crippen LogP contribution in [0.5, 0.6) is 0 Å². The number of aromatic nitrogens is 2. The Morgan fingerprint density at radius 3 is 2.93 bits per heavy atom. The van der Waals surface area contributed by atoms with Crippen molar-refractivity contribution in [3.63, 3.8) is 0 Å². The van der Waals surface area contributed by atoms with E-state index in [1.165, 1.54) is 0 Å². The number of rotatable bonds is 3. The summed E-state index contributed by atoms with van der Waals surface area (Å²) in [6.45, 7) is 6.28. The Bertz CT molecular complexity index is 381. The van der Waals surface area contributed by atoms with Crippen molar-refractivity contribution in [3.8, 4) is 0 Å². The zero-order chi connectivity index (χ0) is 11.1. The van der Waals surface area contributed by atoms with Crippen LogP contribution in [0.2, 0.25) is 0 Å². The van der Waals surface area contributed by atoms with Gasteiger partial charge in [-0.3, -0.25) is 9.89 Å². The molecule has 2 rings (SSSR count). The fourth-order valence-electron chi connectivity index (χ4n) is 1.81. The van der Waals surface area contributed by atoms with Gasteiger partial charge in [-0.1, -0.05) is 20.8 Å². The molecule has 1 saturated carbocycles. The molecular weight excluding hydrogens is 190 g/mol. The number of anilines is 1. The predicted octanol–water partition coefficient (Wildman–Crippen LogP) is 1.96. The number of amides is 1. The van der Waals surface area contributed by atoms with Crippen LogP contribution in [-0.2, 0) is 11.2 Å². The topological polar surface area (TPSA) is 57.8 Å². The van der Waals surface area contributed by atoms with E-state index >= 15 is 0 Å². The molecule has 4 nitrogen and oxygen atoms in total. The summed E-state index contributed by atoms with van der Waals surface area (Å²) >= 11 is 0. The first kappa shape index (κ1) is 10.2. The van der Waals surface area contributed by atoms with Crippen LogP contribution in [0.1, 0.15) is 32.8 Å². The quantitative estimate of drug-likeness (QED) is 0.796. The second-order valence-corrected chi connectivity index (χ2v) is 4.86. The van der Waals surface area contributed by atoms with Gasteiger partial charge in [0.2, 0.25) is 5.91 Å². The van der Waals surface area contributed by atoms with E-state index in [0.29, 0.717) is 0 Å². The maximum Gasteiger partial charge on any atom is 0.229 e. The number of nitrogens with zero attached hydrogens (tertiary/aromatic N) is 1. The van der Waals surface area contributed by atoms with Gasteiger partial charge in [0.25, 0.3) is 0 Å². The lowest BCUT2D eigenvalue weighted by Crippen LogP contribution is -2.17. The van der Waals surface area contributed by atoms with Crippen LogP contribution < -0.4 is 5.32 Å². The normalized spacial score (nSPS) is 22.5. The molecule has 1 atom stereocenters. The summed E-state index contributed by atoms with van der Waals surface area (Å²) in [6.07, 6.45) is 3.61. The molecule has 1 aliphatic carbocycles. The minimum absolute atomic E-state index is 0.110. The Labute approximate surface area is 89.5 Å². The first-order valence-electron chi connectivity index (χ1n) is 5.37. The molecule has 1 fully saturated rings. The van der Waals surface area contributed by atoms with Crippen LogP contribution in [0, 0.1) is 11.3 Å². The number of hydrogen-bond acceptors (Lipinski definition) is 2. The summed E-state index contributed by atoms with van der Waals surface area (Å²) in [5.41, 5.74) is 1.23. The van der Waals surface area contributed by atoms with E-state index in [0.717, 1.165) is 24.2 Å². The van der Waals surface area contributed by atoms with Crippen molar-refractivity contribution in [2.24, 2.45) is 11.3 Å². The molecule has 1 aromatic heterocycles. The monoisotopic (exact) mass is 207 g/mol. The van der Waals surface area contributed by atoms with Gasteiger partial charge in [-0.25, -0.2) is 0 Å². The number of nitrogens with one attached hydrogen (secondary N) is 2. The number of aryl methyl sites for hydroxylation is 1. The van der Waals surface area contributed by atoms with E-state index in [2.05, 4.69) is 29.4 Å². The summed E-state index contributed by atoms with van der Waals surface area (Å²) in [6, 6.07) is 0. The minimum Gasteiger partial charge on any atom is -0.311 e.